The van der Waals surface area contributed by atoms with Crippen molar-refractivity contribution in [1.82, 2.24) is 5.32 Å². The second-order valence-corrected chi connectivity index (χ2v) is 6.08. The smallest absolute Gasteiger partial charge is 0.0413 e. The van der Waals surface area contributed by atoms with Gasteiger partial charge < -0.3 is 10.2 Å². The fraction of sp³-hybridized carbons (Fsp3) is 0.333. The zero-order chi connectivity index (χ0) is 14.7. The van der Waals surface area contributed by atoms with Crippen molar-refractivity contribution in [2.45, 2.75) is 18.9 Å². The van der Waals surface area contributed by atoms with Gasteiger partial charge in [-0.2, -0.15) is 0 Å². The van der Waals surface area contributed by atoms with Gasteiger partial charge in [0.1, 0.15) is 0 Å². The molecule has 0 saturated carbocycles. The zero-order valence-corrected chi connectivity index (χ0v) is 13.1. The maximum atomic E-state index is 6.14. The van der Waals surface area contributed by atoms with E-state index in [1.165, 1.54) is 23.2 Å². The van der Waals surface area contributed by atoms with E-state index in [2.05, 4.69) is 52.7 Å². The number of hydrogen-bond donors (Lipinski definition) is 1. The molecule has 0 aromatic heterocycles. The molecule has 1 fully saturated rings. The molecule has 1 N–H and O–H groups in total. The van der Waals surface area contributed by atoms with Gasteiger partial charge in [-0.15, -0.1) is 0 Å². The lowest BCUT2D eigenvalue weighted by Crippen LogP contribution is -2.22. The minimum atomic E-state index is 0.629. The zero-order valence-electron chi connectivity index (χ0n) is 12.3. The molecule has 3 heteroatoms. The molecule has 0 bridgehead atoms. The number of rotatable bonds is 4. The molecule has 3 rings (SSSR count). The van der Waals surface area contributed by atoms with E-state index >= 15 is 0 Å². The van der Waals surface area contributed by atoms with Crippen molar-refractivity contribution in [3.8, 4) is 0 Å². The molecule has 110 valence electrons. The molecule has 21 heavy (non-hydrogen) atoms. The van der Waals surface area contributed by atoms with Gasteiger partial charge in [-0.25, -0.2) is 0 Å². The molecule has 0 spiro atoms. The van der Waals surface area contributed by atoms with Gasteiger partial charge in [0.2, 0.25) is 0 Å². The maximum absolute atomic E-state index is 6.14. The Morgan fingerprint density at radius 1 is 1.19 bits per heavy atom. The van der Waals surface area contributed by atoms with Crippen LogP contribution >= 0.6 is 11.6 Å². The van der Waals surface area contributed by atoms with Crippen molar-refractivity contribution in [3.05, 3.63) is 64.7 Å². The van der Waals surface area contributed by atoms with E-state index in [4.69, 9.17) is 11.6 Å². The SMILES string of the molecule is CNCc1cc(Cl)ccc1N1CCC(c2ccccc2)C1. The molecule has 1 atom stereocenters. The third-order valence-corrected chi connectivity index (χ3v) is 4.44. The number of nitrogens with one attached hydrogen (secondary N) is 1. The molecule has 0 aliphatic carbocycles. The van der Waals surface area contributed by atoms with E-state index in [1.54, 1.807) is 0 Å². The summed E-state index contributed by atoms with van der Waals surface area (Å²) in [6, 6.07) is 17.0. The van der Waals surface area contributed by atoms with Crippen LogP contribution < -0.4 is 10.2 Å². The standard InChI is InChI=1S/C18H21ClN2/c1-20-12-16-11-17(19)7-8-18(16)21-10-9-15(13-21)14-5-3-2-4-6-14/h2-8,11,15,20H,9-10,12-13H2,1H3. The van der Waals surface area contributed by atoms with E-state index in [9.17, 15) is 0 Å². The molecule has 2 nitrogen and oxygen atoms in total. The molecule has 2 aromatic carbocycles. The Kier molecular flexibility index (Phi) is 4.47. The van der Waals surface area contributed by atoms with E-state index in [0.717, 1.165) is 24.7 Å². The summed E-state index contributed by atoms with van der Waals surface area (Å²) in [5.74, 6) is 0.629. The highest BCUT2D eigenvalue weighted by atomic mass is 35.5. The molecular formula is C18H21ClN2. The topological polar surface area (TPSA) is 15.3 Å². The average molecular weight is 301 g/mol. The first-order chi connectivity index (χ1) is 10.3. The first-order valence-electron chi connectivity index (χ1n) is 7.51. The Bertz CT molecular complexity index is 597. The summed E-state index contributed by atoms with van der Waals surface area (Å²) < 4.78 is 0. The van der Waals surface area contributed by atoms with E-state index < -0.39 is 0 Å². The molecular weight excluding hydrogens is 280 g/mol. The van der Waals surface area contributed by atoms with Gasteiger partial charge in [0.15, 0.2) is 0 Å². The normalized spacial score (nSPS) is 18.2. The third kappa shape index (κ3) is 3.22. The quantitative estimate of drug-likeness (QED) is 0.916. The minimum Gasteiger partial charge on any atom is -0.371 e. The predicted octanol–water partition coefficient (Wildman–Crippen LogP) is 4.05. The van der Waals surface area contributed by atoms with Crippen LogP contribution in [-0.2, 0) is 6.54 Å². The van der Waals surface area contributed by atoms with E-state index in [0.29, 0.717) is 5.92 Å². The molecule has 1 unspecified atom stereocenters. The largest absolute Gasteiger partial charge is 0.371 e. The van der Waals surface area contributed by atoms with Crippen molar-refractivity contribution in [2.75, 3.05) is 25.0 Å². The Labute approximate surface area is 131 Å². The lowest BCUT2D eigenvalue weighted by atomic mass is 9.99. The Morgan fingerprint density at radius 2 is 2.00 bits per heavy atom. The monoisotopic (exact) mass is 300 g/mol. The van der Waals surface area contributed by atoms with Gasteiger partial charge >= 0.3 is 0 Å². The van der Waals surface area contributed by atoms with Gasteiger partial charge in [0.05, 0.1) is 0 Å². The van der Waals surface area contributed by atoms with Crippen LogP contribution in [-0.4, -0.2) is 20.1 Å². The van der Waals surface area contributed by atoms with Crippen molar-refractivity contribution < 1.29 is 0 Å². The lowest BCUT2D eigenvalue weighted by Gasteiger charge is -2.22. The number of anilines is 1. The van der Waals surface area contributed by atoms with Crippen LogP contribution in [0.2, 0.25) is 5.02 Å². The summed E-state index contributed by atoms with van der Waals surface area (Å²) in [5, 5.41) is 4.04. The summed E-state index contributed by atoms with van der Waals surface area (Å²) in [6.07, 6.45) is 1.21. The lowest BCUT2D eigenvalue weighted by molar-refractivity contribution is 0.773. The van der Waals surface area contributed by atoms with Gasteiger partial charge in [-0.1, -0.05) is 41.9 Å². The van der Waals surface area contributed by atoms with Gasteiger partial charge in [0, 0.05) is 36.3 Å². The molecule has 1 aliphatic heterocycles. The van der Waals surface area contributed by atoms with Crippen LogP contribution in [0.1, 0.15) is 23.5 Å². The van der Waals surface area contributed by atoms with Gasteiger partial charge in [0.25, 0.3) is 0 Å². The first kappa shape index (κ1) is 14.4. The van der Waals surface area contributed by atoms with E-state index in [-0.39, 0.29) is 0 Å². The third-order valence-electron chi connectivity index (χ3n) is 4.21. The predicted molar refractivity (Wildman–Crippen MR) is 90.2 cm³/mol. The highest BCUT2D eigenvalue weighted by Gasteiger charge is 2.25. The highest BCUT2D eigenvalue weighted by Crippen LogP contribution is 2.33. The fourth-order valence-corrected chi connectivity index (χ4v) is 3.37. The number of nitrogens with zero attached hydrogens (tertiary/aromatic N) is 1. The summed E-state index contributed by atoms with van der Waals surface area (Å²) in [6.45, 7) is 3.04. The highest BCUT2D eigenvalue weighted by molar-refractivity contribution is 6.30. The van der Waals surface area contributed by atoms with Crippen LogP contribution in [0.4, 0.5) is 5.69 Å². The van der Waals surface area contributed by atoms with Crippen molar-refractivity contribution in [2.24, 2.45) is 0 Å². The van der Waals surface area contributed by atoms with Crippen molar-refractivity contribution in [1.29, 1.82) is 0 Å². The average Bonchev–Trinajstić information content (AvgIpc) is 2.98. The molecule has 1 saturated heterocycles. The van der Waals surface area contributed by atoms with Gasteiger partial charge in [-0.05, 0) is 42.8 Å². The first-order valence-corrected chi connectivity index (χ1v) is 7.88. The van der Waals surface area contributed by atoms with Crippen LogP contribution in [0.5, 0.6) is 0 Å². The number of benzene rings is 2. The van der Waals surface area contributed by atoms with Crippen molar-refractivity contribution in [3.63, 3.8) is 0 Å². The Balaban J connectivity index is 1.80. The van der Waals surface area contributed by atoms with E-state index in [1.807, 2.05) is 13.1 Å². The molecule has 0 radical (unpaired) electrons. The second kappa shape index (κ2) is 6.50. The summed E-state index contributed by atoms with van der Waals surface area (Å²) in [7, 11) is 1.97. The maximum Gasteiger partial charge on any atom is 0.0413 e. The molecule has 1 heterocycles. The van der Waals surface area contributed by atoms with Gasteiger partial charge in [-0.3, -0.25) is 0 Å². The summed E-state index contributed by atoms with van der Waals surface area (Å²) in [5.41, 5.74) is 4.04. The van der Waals surface area contributed by atoms with Crippen LogP contribution in [0, 0.1) is 0 Å². The Morgan fingerprint density at radius 3 is 2.76 bits per heavy atom. The molecule has 2 aromatic rings. The van der Waals surface area contributed by atoms with Crippen molar-refractivity contribution >= 4 is 17.3 Å². The summed E-state index contributed by atoms with van der Waals surface area (Å²) >= 11 is 6.14. The van der Waals surface area contributed by atoms with Crippen LogP contribution in [0.3, 0.4) is 0 Å². The second-order valence-electron chi connectivity index (χ2n) is 5.65. The molecule has 0 amide bonds. The van der Waals surface area contributed by atoms with Crippen LogP contribution in [0.25, 0.3) is 0 Å². The minimum absolute atomic E-state index is 0.629. The molecule has 1 aliphatic rings. The Hall–Kier alpha value is -1.51. The van der Waals surface area contributed by atoms with Crippen LogP contribution in [0.15, 0.2) is 48.5 Å². The number of hydrogen-bond acceptors (Lipinski definition) is 2. The summed E-state index contributed by atoms with van der Waals surface area (Å²) in [4.78, 5) is 2.49. The number of halogens is 1. The fourth-order valence-electron chi connectivity index (χ4n) is 3.17.